The first-order valence-corrected chi connectivity index (χ1v) is 20.4. The molecular formula is C43H73N5O8. The number of rotatable bonds is 21. The second-order valence-electron chi connectivity index (χ2n) is 17.1. The minimum absolute atomic E-state index is 0.00230. The molecule has 13 nitrogen and oxygen atoms in total. The first-order chi connectivity index (χ1) is 26.2. The molecule has 318 valence electrons. The Kier molecular flexibility index (Phi) is 19.4. The molecule has 56 heavy (non-hydrogen) atoms. The van der Waals surface area contributed by atoms with Crippen molar-refractivity contribution in [3.63, 3.8) is 0 Å². The van der Waals surface area contributed by atoms with E-state index in [0.717, 1.165) is 18.4 Å². The molecule has 1 aromatic rings. The van der Waals surface area contributed by atoms with Gasteiger partial charge >= 0.3 is 5.97 Å². The maximum Gasteiger partial charge on any atom is 0.329 e. The zero-order chi connectivity index (χ0) is 42.5. The van der Waals surface area contributed by atoms with Crippen LogP contribution in [-0.2, 0) is 44.6 Å². The van der Waals surface area contributed by atoms with Crippen molar-refractivity contribution >= 4 is 29.6 Å². The van der Waals surface area contributed by atoms with Crippen LogP contribution in [0.15, 0.2) is 30.3 Å². The third kappa shape index (κ3) is 13.5. The first kappa shape index (κ1) is 48.6. The number of amides is 4. The maximum atomic E-state index is 14.3. The SMILES string of the molecule is CC[C@H](C)[C@@H](C(CC(=O)N1CCC[C@H]1[C@H](OC)C(C)C(=O)N[C@@H](Cc1ccccc1)C(=O)OC(C)(C)C)OC)N(C)C(=O)[C@@H](NC(=O)[C@@H](NC)C(C)C)C(C)C. The lowest BCUT2D eigenvalue weighted by molar-refractivity contribution is -0.159. The fourth-order valence-corrected chi connectivity index (χ4v) is 7.77. The highest BCUT2D eigenvalue weighted by molar-refractivity contribution is 5.90. The molecule has 1 aromatic carbocycles. The Labute approximate surface area is 336 Å². The molecule has 2 unspecified atom stereocenters. The minimum atomic E-state index is -0.923. The molecule has 0 spiro atoms. The van der Waals surface area contributed by atoms with Crippen LogP contribution in [0.4, 0.5) is 0 Å². The van der Waals surface area contributed by atoms with Gasteiger partial charge < -0.3 is 40.0 Å². The van der Waals surface area contributed by atoms with Crippen LogP contribution in [0, 0.1) is 23.7 Å². The second-order valence-corrected chi connectivity index (χ2v) is 17.1. The largest absolute Gasteiger partial charge is 0.458 e. The highest BCUT2D eigenvalue weighted by Crippen LogP contribution is 2.30. The van der Waals surface area contributed by atoms with Gasteiger partial charge in [-0.25, -0.2) is 4.79 Å². The monoisotopic (exact) mass is 788 g/mol. The average Bonchev–Trinajstić information content (AvgIpc) is 3.62. The summed E-state index contributed by atoms with van der Waals surface area (Å²) in [5.74, 6) is -2.48. The van der Waals surface area contributed by atoms with Gasteiger partial charge in [0.25, 0.3) is 0 Å². The van der Waals surface area contributed by atoms with E-state index in [1.165, 1.54) is 7.11 Å². The summed E-state index contributed by atoms with van der Waals surface area (Å²) in [6.07, 6.45) is 1.04. The Bertz CT molecular complexity index is 1420. The normalized spacial score (nSPS) is 19.0. The Morgan fingerprint density at radius 3 is 2.00 bits per heavy atom. The predicted molar refractivity (Wildman–Crippen MR) is 218 cm³/mol. The summed E-state index contributed by atoms with van der Waals surface area (Å²) in [7, 11) is 6.53. The topological polar surface area (TPSA) is 156 Å². The van der Waals surface area contributed by atoms with Crippen molar-refractivity contribution in [1.82, 2.24) is 25.8 Å². The molecule has 2 rings (SSSR count). The number of hydrogen-bond donors (Lipinski definition) is 3. The molecule has 0 bridgehead atoms. The molecule has 0 aromatic heterocycles. The van der Waals surface area contributed by atoms with Crippen LogP contribution in [0.5, 0.6) is 0 Å². The van der Waals surface area contributed by atoms with Crippen molar-refractivity contribution in [3.8, 4) is 0 Å². The number of nitrogens with one attached hydrogen (secondary N) is 3. The predicted octanol–water partition coefficient (Wildman–Crippen LogP) is 4.36. The zero-order valence-corrected chi connectivity index (χ0v) is 36.6. The van der Waals surface area contributed by atoms with Gasteiger partial charge in [-0.1, -0.05) is 85.2 Å². The number of ether oxygens (including phenoxy) is 3. The van der Waals surface area contributed by atoms with Crippen molar-refractivity contribution in [2.45, 2.75) is 149 Å². The fraction of sp³-hybridized carbons (Fsp3) is 0.744. The summed E-state index contributed by atoms with van der Waals surface area (Å²) in [6, 6.07) is 6.42. The number of nitrogens with zero attached hydrogens (tertiary/aromatic N) is 2. The van der Waals surface area contributed by atoms with Crippen LogP contribution < -0.4 is 16.0 Å². The van der Waals surface area contributed by atoms with E-state index in [4.69, 9.17) is 14.2 Å². The van der Waals surface area contributed by atoms with Gasteiger partial charge in [-0.2, -0.15) is 0 Å². The van der Waals surface area contributed by atoms with E-state index in [1.807, 2.05) is 71.9 Å². The summed E-state index contributed by atoms with van der Waals surface area (Å²) in [5.41, 5.74) is 0.134. The van der Waals surface area contributed by atoms with Crippen LogP contribution in [0.1, 0.15) is 100 Å². The van der Waals surface area contributed by atoms with E-state index in [2.05, 4.69) is 16.0 Å². The molecule has 1 saturated heterocycles. The van der Waals surface area contributed by atoms with Crippen LogP contribution in [0.25, 0.3) is 0 Å². The van der Waals surface area contributed by atoms with Gasteiger partial charge in [-0.3, -0.25) is 19.2 Å². The van der Waals surface area contributed by atoms with Gasteiger partial charge in [0.1, 0.15) is 17.7 Å². The molecule has 1 aliphatic heterocycles. The molecule has 4 amide bonds. The summed E-state index contributed by atoms with van der Waals surface area (Å²) in [6.45, 7) is 19.3. The lowest BCUT2D eigenvalue weighted by atomic mass is 9.89. The van der Waals surface area contributed by atoms with Gasteiger partial charge in [0.2, 0.25) is 23.6 Å². The second kappa shape index (κ2) is 22.4. The van der Waals surface area contributed by atoms with Crippen LogP contribution in [0.3, 0.4) is 0 Å². The molecule has 3 N–H and O–H groups in total. The van der Waals surface area contributed by atoms with E-state index in [0.29, 0.717) is 13.0 Å². The third-order valence-electron chi connectivity index (χ3n) is 11.0. The molecule has 0 saturated carbocycles. The Balaban J connectivity index is 2.31. The van der Waals surface area contributed by atoms with Gasteiger partial charge in [0.05, 0.1) is 42.7 Å². The van der Waals surface area contributed by atoms with Crippen LogP contribution in [0.2, 0.25) is 0 Å². The molecule has 13 heteroatoms. The average molecular weight is 788 g/mol. The fourth-order valence-electron chi connectivity index (χ4n) is 7.77. The molecular weight excluding hydrogens is 714 g/mol. The number of carbonyl (C=O) groups excluding carboxylic acids is 5. The molecule has 0 radical (unpaired) electrons. The smallest absolute Gasteiger partial charge is 0.329 e. The number of hydrogen-bond acceptors (Lipinski definition) is 9. The Morgan fingerprint density at radius 1 is 0.893 bits per heavy atom. The van der Waals surface area contributed by atoms with Crippen molar-refractivity contribution in [2.24, 2.45) is 23.7 Å². The Hall–Kier alpha value is -3.55. The number of esters is 1. The maximum absolute atomic E-state index is 14.3. The van der Waals surface area contributed by atoms with Crippen molar-refractivity contribution in [3.05, 3.63) is 35.9 Å². The van der Waals surface area contributed by atoms with Gasteiger partial charge in [0.15, 0.2) is 0 Å². The molecule has 1 heterocycles. The molecule has 1 aliphatic rings. The third-order valence-corrected chi connectivity index (χ3v) is 11.0. The van der Waals surface area contributed by atoms with E-state index < -0.39 is 59.9 Å². The van der Waals surface area contributed by atoms with Gasteiger partial charge in [0, 0.05) is 34.2 Å². The highest BCUT2D eigenvalue weighted by Gasteiger charge is 2.43. The van der Waals surface area contributed by atoms with Crippen molar-refractivity contribution in [2.75, 3.05) is 34.9 Å². The standard InChI is InChI=1S/C43H73N5O8/c1-15-28(6)37(47(12)41(52)36(27(4)5)46-40(51)35(44-11)26(2)3)33(54-13)25-34(49)48-23-19-22-32(48)38(55-14)29(7)39(50)45-31(42(53)56-43(8,9)10)24-30-20-17-16-18-21-30/h16-18,20-21,26-29,31-33,35-38,44H,15,19,22-25H2,1-14H3,(H,45,50)(H,46,51)/t28-,29?,31-,32-,33?,35-,36-,37-,38+/m0/s1. The number of benzene rings is 1. The summed E-state index contributed by atoms with van der Waals surface area (Å²) < 4.78 is 17.7. The summed E-state index contributed by atoms with van der Waals surface area (Å²) in [5, 5.41) is 8.96. The first-order valence-electron chi connectivity index (χ1n) is 20.4. The molecule has 0 aliphatic carbocycles. The summed E-state index contributed by atoms with van der Waals surface area (Å²) in [4.78, 5) is 72.3. The lowest BCUT2D eigenvalue weighted by Gasteiger charge is -2.41. The zero-order valence-electron chi connectivity index (χ0n) is 36.6. The van der Waals surface area contributed by atoms with E-state index in [9.17, 15) is 24.0 Å². The Morgan fingerprint density at radius 2 is 1.50 bits per heavy atom. The molecule has 1 fully saturated rings. The number of likely N-dealkylation sites (N-methyl/N-ethyl adjacent to an activating group) is 2. The van der Waals surface area contributed by atoms with Crippen molar-refractivity contribution in [1.29, 1.82) is 0 Å². The van der Waals surface area contributed by atoms with Gasteiger partial charge in [-0.15, -0.1) is 0 Å². The lowest BCUT2D eigenvalue weighted by Crippen LogP contribution is -2.59. The number of methoxy groups -OCH3 is 2. The number of likely N-dealkylation sites (tertiary alicyclic amines) is 1. The highest BCUT2D eigenvalue weighted by atomic mass is 16.6. The van der Waals surface area contributed by atoms with Crippen LogP contribution in [-0.4, -0.2) is 122 Å². The van der Waals surface area contributed by atoms with E-state index >= 15 is 0 Å². The van der Waals surface area contributed by atoms with Crippen LogP contribution >= 0.6 is 0 Å². The van der Waals surface area contributed by atoms with E-state index in [1.54, 1.807) is 58.7 Å². The number of carbonyl (C=O) groups is 5. The quantitative estimate of drug-likeness (QED) is 0.154. The minimum Gasteiger partial charge on any atom is -0.458 e. The van der Waals surface area contributed by atoms with E-state index in [-0.39, 0.29) is 54.2 Å². The molecule has 9 atom stereocenters. The summed E-state index contributed by atoms with van der Waals surface area (Å²) >= 11 is 0. The van der Waals surface area contributed by atoms with Gasteiger partial charge in [-0.05, 0) is 64.0 Å². The van der Waals surface area contributed by atoms with Crippen molar-refractivity contribution < 1.29 is 38.2 Å².